The molecule has 0 saturated carbocycles. The number of nitrogens with zero attached hydrogens (tertiary/aromatic N) is 3. The number of benzene rings is 1. The van der Waals surface area contributed by atoms with Gasteiger partial charge in [0.2, 0.25) is 11.8 Å². The van der Waals surface area contributed by atoms with E-state index in [1.165, 1.54) is 0 Å². The average molecular weight is 317 g/mol. The number of ether oxygens (including phenoxy) is 1. The van der Waals surface area contributed by atoms with Gasteiger partial charge < -0.3 is 19.4 Å². The minimum atomic E-state index is 0.0607. The summed E-state index contributed by atoms with van der Waals surface area (Å²) in [7, 11) is 1.66. The summed E-state index contributed by atoms with van der Waals surface area (Å²) in [5, 5.41) is 0. The van der Waals surface area contributed by atoms with E-state index < -0.39 is 0 Å². The molecule has 6 heteroatoms. The van der Waals surface area contributed by atoms with Gasteiger partial charge >= 0.3 is 0 Å². The van der Waals surface area contributed by atoms with Crippen LogP contribution < -0.4 is 9.64 Å². The summed E-state index contributed by atoms with van der Waals surface area (Å²) in [5.41, 5.74) is 1.12. The summed E-state index contributed by atoms with van der Waals surface area (Å²) in [6.07, 6.45) is 1.45. The second-order valence-electron chi connectivity index (χ2n) is 5.99. The van der Waals surface area contributed by atoms with Gasteiger partial charge in [0.15, 0.2) is 0 Å². The molecule has 3 rings (SSSR count). The van der Waals surface area contributed by atoms with Gasteiger partial charge in [0.05, 0.1) is 13.7 Å². The van der Waals surface area contributed by atoms with Crippen molar-refractivity contribution in [3.8, 4) is 5.75 Å². The number of amides is 2. The topological polar surface area (TPSA) is 53.1 Å². The highest BCUT2D eigenvalue weighted by molar-refractivity contribution is 5.86. The molecule has 2 fully saturated rings. The summed E-state index contributed by atoms with van der Waals surface area (Å²) in [6, 6.07) is 7.98. The van der Waals surface area contributed by atoms with Gasteiger partial charge in [-0.3, -0.25) is 9.59 Å². The van der Waals surface area contributed by atoms with Gasteiger partial charge in [-0.1, -0.05) is 6.07 Å². The van der Waals surface area contributed by atoms with Gasteiger partial charge in [-0.05, 0) is 18.6 Å². The molecule has 0 radical (unpaired) electrons. The van der Waals surface area contributed by atoms with Gasteiger partial charge in [0, 0.05) is 50.9 Å². The number of piperazine rings is 1. The van der Waals surface area contributed by atoms with Crippen LogP contribution in [-0.4, -0.2) is 68.0 Å². The van der Waals surface area contributed by atoms with Crippen LogP contribution in [0.4, 0.5) is 5.69 Å². The fraction of sp³-hybridized carbons (Fsp3) is 0.529. The van der Waals surface area contributed by atoms with Crippen molar-refractivity contribution in [3.63, 3.8) is 0 Å². The Bertz CT molecular complexity index is 582. The lowest BCUT2D eigenvalue weighted by Gasteiger charge is -2.36. The van der Waals surface area contributed by atoms with Crippen molar-refractivity contribution in [2.45, 2.75) is 12.8 Å². The molecule has 2 heterocycles. The van der Waals surface area contributed by atoms with Crippen molar-refractivity contribution >= 4 is 17.5 Å². The molecule has 1 aromatic rings. The molecule has 2 aliphatic rings. The minimum absolute atomic E-state index is 0.0607. The Hall–Kier alpha value is -2.24. The Kier molecular flexibility index (Phi) is 4.69. The number of hydrogen-bond donors (Lipinski definition) is 0. The van der Waals surface area contributed by atoms with Crippen LogP contribution in [0.15, 0.2) is 24.3 Å². The standard InChI is InChI=1S/C17H23N3O3/c1-23-15-5-2-4-14(12-15)18-8-10-19(11-9-18)17(22)13-20-7-3-6-16(20)21/h2,4-5,12H,3,6-11,13H2,1H3. The highest BCUT2D eigenvalue weighted by atomic mass is 16.5. The lowest BCUT2D eigenvalue weighted by atomic mass is 10.2. The number of anilines is 1. The normalized spacial score (nSPS) is 18.5. The Labute approximate surface area is 136 Å². The first-order valence-electron chi connectivity index (χ1n) is 8.12. The first-order chi connectivity index (χ1) is 11.2. The molecule has 2 amide bonds. The minimum Gasteiger partial charge on any atom is -0.497 e. The number of rotatable bonds is 4. The van der Waals surface area contributed by atoms with Crippen LogP contribution in [0, 0.1) is 0 Å². The van der Waals surface area contributed by atoms with E-state index in [0.29, 0.717) is 26.1 Å². The highest BCUT2D eigenvalue weighted by Gasteiger charge is 2.27. The van der Waals surface area contributed by atoms with E-state index in [-0.39, 0.29) is 18.4 Å². The second-order valence-corrected chi connectivity index (χ2v) is 5.99. The molecular weight excluding hydrogens is 294 g/mol. The number of likely N-dealkylation sites (tertiary alicyclic amines) is 1. The van der Waals surface area contributed by atoms with Crippen LogP contribution >= 0.6 is 0 Å². The summed E-state index contributed by atoms with van der Waals surface area (Å²) in [6.45, 7) is 3.93. The fourth-order valence-electron chi connectivity index (χ4n) is 3.16. The van der Waals surface area contributed by atoms with E-state index in [4.69, 9.17) is 4.74 Å². The smallest absolute Gasteiger partial charge is 0.242 e. The molecule has 0 atom stereocenters. The third-order valence-electron chi connectivity index (χ3n) is 4.55. The zero-order valence-electron chi connectivity index (χ0n) is 13.5. The molecule has 124 valence electrons. The number of hydrogen-bond acceptors (Lipinski definition) is 4. The molecule has 0 aromatic heterocycles. The van der Waals surface area contributed by atoms with Crippen molar-refractivity contribution in [2.75, 3.05) is 51.3 Å². The van der Waals surface area contributed by atoms with Gasteiger partial charge in [0.25, 0.3) is 0 Å². The second kappa shape index (κ2) is 6.89. The zero-order valence-corrected chi connectivity index (χ0v) is 13.5. The Morgan fingerprint density at radius 1 is 1.17 bits per heavy atom. The fourth-order valence-corrected chi connectivity index (χ4v) is 3.16. The summed E-state index contributed by atoms with van der Waals surface area (Å²) >= 11 is 0. The number of methoxy groups -OCH3 is 1. The molecular formula is C17H23N3O3. The highest BCUT2D eigenvalue weighted by Crippen LogP contribution is 2.22. The maximum Gasteiger partial charge on any atom is 0.242 e. The van der Waals surface area contributed by atoms with Crippen LogP contribution in [0.3, 0.4) is 0 Å². The van der Waals surface area contributed by atoms with Crippen LogP contribution in [0.1, 0.15) is 12.8 Å². The Morgan fingerprint density at radius 2 is 1.96 bits per heavy atom. The number of carbonyl (C=O) groups is 2. The SMILES string of the molecule is COc1cccc(N2CCN(C(=O)CN3CCCC3=O)CC2)c1. The molecule has 0 bridgehead atoms. The number of carbonyl (C=O) groups excluding carboxylic acids is 2. The molecule has 2 aliphatic heterocycles. The molecule has 2 saturated heterocycles. The molecule has 0 aliphatic carbocycles. The summed E-state index contributed by atoms with van der Waals surface area (Å²) in [4.78, 5) is 29.8. The summed E-state index contributed by atoms with van der Waals surface area (Å²) in [5.74, 6) is 1.01. The monoisotopic (exact) mass is 317 g/mol. The van der Waals surface area contributed by atoms with E-state index in [1.807, 2.05) is 23.1 Å². The van der Waals surface area contributed by atoms with Gasteiger partial charge in [-0.15, -0.1) is 0 Å². The van der Waals surface area contributed by atoms with E-state index in [0.717, 1.165) is 30.9 Å². The third kappa shape index (κ3) is 3.57. The van der Waals surface area contributed by atoms with Gasteiger partial charge in [-0.2, -0.15) is 0 Å². The predicted octanol–water partition coefficient (Wildman–Crippen LogP) is 0.966. The van der Waals surface area contributed by atoms with Crippen molar-refractivity contribution in [2.24, 2.45) is 0 Å². The van der Waals surface area contributed by atoms with E-state index in [1.54, 1.807) is 12.0 Å². The van der Waals surface area contributed by atoms with E-state index >= 15 is 0 Å². The summed E-state index contributed by atoms with van der Waals surface area (Å²) < 4.78 is 5.26. The maximum absolute atomic E-state index is 12.3. The van der Waals surface area contributed by atoms with Crippen molar-refractivity contribution in [1.29, 1.82) is 0 Å². The van der Waals surface area contributed by atoms with Crippen LogP contribution in [0.2, 0.25) is 0 Å². The molecule has 1 aromatic carbocycles. The quantitative estimate of drug-likeness (QED) is 0.830. The van der Waals surface area contributed by atoms with Crippen LogP contribution in [0.25, 0.3) is 0 Å². The average Bonchev–Trinajstić information content (AvgIpc) is 3.00. The molecule has 6 nitrogen and oxygen atoms in total. The zero-order chi connectivity index (χ0) is 16.2. The first kappa shape index (κ1) is 15.6. The maximum atomic E-state index is 12.3. The molecule has 0 spiro atoms. The predicted molar refractivity (Wildman–Crippen MR) is 87.6 cm³/mol. The van der Waals surface area contributed by atoms with E-state index in [9.17, 15) is 9.59 Å². The van der Waals surface area contributed by atoms with Gasteiger partial charge in [0.1, 0.15) is 5.75 Å². The lowest BCUT2D eigenvalue weighted by molar-refractivity contribution is -0.138. The van der Waals surface area contributed by atoms with Crippen molar-refractivity contribution in [3.05, 3.63) is 24.3 Å². The lowest BCUT2D eigenvalue weighted by Crippen LogP contribution is -2.51. The van der Waals surface area contributed by atoms with E-state index in [2.05, 4.69) is 11.0 Å². The Morgan fingerprint density at radius 3 is 2.61 bits per heavy atom. The van der Waals surface area contributed by atoms with Crippen LogP contribution in [-0.2, 0) is 9.59 Å². The molecule has 0 N–H and O–H groups in total. The van der Waals surface area contributed by atoms with Crippen molar-refractivity contribution in [1.82, 2.24) is 9.80 Å². The molecule has 23 heavy (non-hydrogen) atoms. The van der Waals surface area contributed by atoms with Crippen LogP contribution in [0.5, 0.6) is 5.75 Å². The Balaban J connectivity index is 1.53. The van der Waals surface area contributed by atoms with Crippen molar-refractivity contribution < 1.29 is 14.3 Å². The third-order valence-corrected chi connectivity index (χ3v) is 4.55. The first-order valence-corrected chi connectivity index (χ1v) is 8.12. The molecule has 0 unspecified atom stereocenters. The largest absolute Gasteiger partial charge is 0.497 e. The van der Waals surface area contributed by atoms with Gasteiger partial charge in [-0.25, -0.2) is 0 Å².